The molecule has 1 amide bonds. The summed E-state index contributed by atoms with van der Waals surface area (Å²) in [6.45, 7) is 2.03. The summed E-state index contributed by atoms with van der Waals surface area (Å²) in [5.74, 6) is 0.254. The van der Waals surface area contributed by atoms with E-state index in [0.29, 0.717) is 0 Å². The molecule has 2 aliphatic rings. The Labute approximate surface area is 133 Å². The van der Waals surface area contributed by atoms with Gasteiger partial charge in [0, 0.05) is 12.7 Å². The number of amides is 1. The van der Waals surface area contributed by atoms with Gasteiger partial charge >= 0.3 is 0 Å². The highest BCUT2D eigenvalue weighted by Crippen LogP contribution is 2.35. The molecule has 1 atom stereocenters. The first-order chi connectivity index (χ1) is 10.7. The summed E-state index contributed by atoms with van der Waals surface area (Å²) < 4.78 is 0. The van der Waals surface area contributed by atoms with Crippen molar-refractivity contribution in [2.75, 3.05) is 7.05 Å². The number of hydrogen-bond acceptors (Lipinski definition) is 2. The number of rotatable bonds is 2. The average molecular weight is 298 g/mol. The lowest BCUT2D eigenvalue weighted by atomic mass is 9.77. The SMILES string of the molecule is C/C=C1\C(Cc2ccccc2)NC2(CCCCC2)C(=O)N1C. The molecule has 1 aromatic rings. The third kappa shape index (κ3) is 2.70. The molecular formula is C19H26N2O. The van der Waals surface area contributed by atoms with E-state index in [2.05, 4.69) is 35.7 Å². The van der Waals surface area contributed by atoms with Gasteiger partial charge in [0.25, 0.3) is 0 Å². The molecule has 22 heavy (non-hydrogen) atoms. The summed E-state index contributed by atoms with van der Waals surface area (Å²) in [5, 5.41) is 3.74. The van der Waals surface area contributed by atoms with Gasteiger partial charge in [0.05, 0.1) is 11.6 Å². The van der Waals surface area contributed by atoms with Crippen molar-refractivity contribution < 1.29 is 4.79 Å². The molecule has 1 saturated carbocycles. The largest absolute Gasteiger partial charge is 0.316 e. The zero-order valence-electron chi connectivity index (χ0n) is 13.6. The smallest absolute Gasteiger partial charge is 0.246 e. The summed E-state index contributed by atoms with van der Waals surface area (Å²) in [6.07, 6.45) is 8.50. The van der Waals surface area contributed by atoms with E-state index in [9.17, 15) is 4.79 Å². The molecule has 1 aromatic carbocycles. The Morgan fingerprint density at radius 3 is 2.55 bits per heavy atom. The maximum atomic E-state index is 12.9. The van der Waals surface area contributed by atoms with Crippen LogP contribution >= 0.6 is 0 Å². The number of nitrogens with zero attached hydrogens (tertiary/aromatic N) is 1. The number of allylic oxidation sites excluding steroid dienone is 1. The van der Waals surface area contributed by atoms with Crippen molar-refractivity contribution in [1.82, 2.24) is 10.2 Å². The van der Waals surface area contributed by atoms with Crippen molar-refractivity contribution in [3.05, 3.63) is 47.7 Å². The average Bonchev–Trinajstić information content (AvgIpc) is 2.55. The zero-order chi connectivity index (χ0) is 15.6. The van der Waals surface area contributed by atoms with E-state index in [1.165, 1.54) is 12.0 Å². The summed E-state index contributed by atoms with van der Waals surface area (Å²) in [7, 11) is 1.94. The third-order valence-electron chi connectivity index (χ3n) is 5.19. The van der Waals surface area contributed by atoms with Crippen LogP contribution in [0.1, 0.15) is 44.6 Å². The van der Waals surface area contributed by atoms with Crippen LogP contribution in [-0.2, 0) is 11.2 Å². The lowest BCUT2D eigenvalue weighted by Gasteiger charge is -2.48. The number of likely N-dealkylation sites (N-methyl/N-ethyl adjacent to an activating group) is 1. The Bertz CT molecular complexity index is 558. The first-order valence-corrected chi connectivity index (χ1v) is 8.42. The molecule has 0 aromatic heterocycles. The standard InChI is InChI=1S/C19H26N2O/c1-3-17-16(14-15-10-6-4-7-11-15)20-19(18(22)21(17)2)12-8-5-9-13-19/h3-4,6-7,10-11,16,20H,5,8-9,12-14H2,1-2H3/b17-3+. The summed E-state index contributed by atoms with van der Waals surface area (Å²) in [5.41, 5.74) is 2.08. The highest BCUT2D eigenvalue weighted by atomic mass is 16.2. The predicted molar refractivity (Wildman–Crippen MR) is 89.4 cm³/mol. The number of hydrogen-bond donors (Lipinski definition) is 1. The first kappa shape index (κ1) is 15.3. The van der Waals surface area contributed by atoms with Gasteiger partial charge in [0.1, 0.15) is 0 Å². The van der Waals surface area contributed by atoms with Gasteiger partial charge in [-0.3, -0.25) is 10.1 Å². The fourth-order valence-electron chi connectivity index (χ4n) is 4.05. The maximum Gasteiger partial charge on any atom is 0.246 e. The van der Waals surface area contributed by atoms with Crippen molar-refractivity contribution >= 4 is 5.91 Å². The molecule has 2 fully saturated rings. The molecule has 0 bridgehead atoms. The second-order valence-electron chi connectivity index (χ2n) is 6.61. The van der Waals surface area contributed by atoms with Crippen LogP contribution in [0.2, 0.25) is 0 Å². The second kappa shape index (κ2) is 6.25. The molecule has 1 aliphatic heterocycles. The number of piperazine rings is 1. The van der Waals surface area contributed by atoms with E-state index in [-0.39, 0.29) is 17.5 Å². The molecule has 0 radical (unpaired) electrons. The van der Waals surface area contributed by atoms with Crippen molar-refractivity contribution in [2.45, 2.75) is 57.0 Å². The van der Waals surface area contributed by atoms with Crippen LogP contribution in [0.25, 0.3) is 0 Å². The Morgan fingerprint density at radius 2 is 1.91 bits per heavy atom. The van der Waals surface area contributed by atoms with Crippen molar-refractivity contribution in [3.8, 4) is 0 Å². The van der Waals surface area contributed by atoms with Gasteiger partial charge in [-0.05, 0) is 31.7 Å². The predicted octanol–water partition coefficient (Wildman–Crippen LogP) is 3.27. The van der Waals surface area contributed by atoms with Crippen LogP contribution in [0.3, 0.4) is 0 Å². The molecule has 1 saturated heterocycles. The van der Waals surface area contributed by atoms with Gasteiger partial charge in [-0.2, -0.15) is 0 Å². The Hall–Kier alpha value is -1.61. The second-order valence-corrected chi connectivity index (χ2v) is 6.61. The number of benzene rings is 1. The van der Waals surface area contributed by atoms with Crippen LogP contribution in [0.5, 0.6) is 0 Å². The normalized spacial score (nSPS) is 26.6. The first-order valence-electron chi connectivity index (χ1n) is 8.42. The van der Waals surface area contributed by atoms with Crippen molar-refractivity contribution in [2.24, 2.45) is 0 Å². The van der Waals surface area contributed by atoms with Crippen LogP contribution in [0.4, 0.5) is 0 Å². The van der Waals surface area contributed by atoms with Crippen molar-refractivity contribution in [3.63, 3.8) is 0 Å². The molecule has 118 valence electrons. The molecule has 1 aliphatic carbocycles. The third-order valence-corrected chi connectivity index (χ3v) is 5.19. The summed E-state index contributed by atoms with van der Waals surface area (Å²) >= 11 is 0. The quantitative estimate of drug-likeness (QED) is 0.909. The van der Waals surface area contributed by atoms with E-state index in [1.807, 2.05) is 24.9 Å². The van der Waals surface area contributed by atoms with Gasteiger partial charge < -0.3 is 4.90 Å². The molecular weight excluding hydrogens is 272 g/mol. The van der Waals surface area contributed by atoms with E-state index in [1.54, 1.807) is 0 Å². The highest BCUT2D eigenvalue weighted by Gasteiger charge is 2.47. The van der Waals surface area contributed by atoms with E-state index >= 15 is 0 Å². The maximum absolute atomic E-state index is 12.9. The minimum atomic E-state index is -0.334. The van der Waals surface area contributed by atoms with Gasteiger partial charge in [-0.15, -0.1) is 0 Å². The summed E-state index contributed by atoms with van der Waals surface area (Å²) in [6, 6.07) is 10.8. The molecule has 1 N–H and O–H groups in total. The highest BCUT2D eigenvalue weighted by molar-refractivity contribution is 5.89. The lowest BCUT2D eigenvalue weighted by Crippen LogP contribution is -2.67. The monoisotopic (exact) mass is 298 g/mol. The van der Waals surface area contributed by atoms with Crippen LogP contribution in [0, 0.1) is 0 Å². The van der Waals surface area contributed by atoms with Gasteiger partial charge in [-0.1, -0.05) is 55.7 Å². The fraction of sp³-hybridized carbons (Fsp3) is 0.526. The summed E-state index contributed by atoms with van der Waals surface area (Å²) in [4.78, 5) is 14.8. The van der Waals surface area contributed by atoms with Crippen LogP contribution < -0.4 is 5.32 Å². The molecule has 3 rings (SSSR count). The van der Waals surface area contributed by atoms with Gasteiger partial charge in [0.15, 0.2) is 0 Å². The Morgan fingerprint density at radius 1 is 1.23 bits per heavy atom. The van der Waals surface area contributed by atoms with Crippen LogP contribution in [-0.4, -0.2) is 29.4 Å². The topological polar surface area (TPSA) is 32.3 Å². The van der Waals surface area contributed by atoms with Crippen LogP contribution in [0.15, 0.2) is 42.1 Å². The van der Waals surface area contributed by atoms with Crippen molar-refractivity contribution in [1.29, 1.82) is 0 Å². The fourth-order valence-corrected chi connectivity index (χ4v) is 4.05. The van der Waals surface area contributed by atoms with E-state index < -0.39 is 0 Å². The Balaban J connectivity index is 1.88. The molecule has 1 spiro atoms. The minimum absolute atomic E-state index is 0.216. The van der Waals surface area contributed by atoms with Gasteiger partial charge in [0.2, 0.25) is 5.91 Å². The van der Waals surface area contributed by atoms with Gasteiger partial charge in [-0.25, -0.2) is 0 Å². The molecule has 1 heterocycles. The Kier molecular flexibility index (Phi) is 4.34. The minimum Gasteiger partial charge on any atom is -0.316 e. The molecule has 1 unspecified atom stereocenters. The number of carbonyl (C=O) groups excluding carboxylic acids is 1. The van der Waals surface area contributed by atoms with E-state index in [0.717, 1.165) is 37.8 Å². The number of carbonyl (C=O) groups is 1. The van der Waals surface area contributed by atoms with E-state index in [4.69, 9.17) is 0 Å². The number of nitrogens with one attached hydrogen (secondary N) is 1. The molecule has 3 nitrogen and oxygen atoms in total. The molecule has 3 heteroatoms. The zero-order valence-corrected chi connectivity index (χ0v) is 13.6. The lowest BCUT2D eigenvalue weighted by molar-refractivity contribution is -0.140.